The third-order valence-electron chi connectivity index (χ3n) is 3.22. The Bertz CT molecular complexity index is 159. The van der Waals surface area contributed by atoms with Crippen LogP contribution in [0.5, 0.6) is 0 Å². The molecule has 0 unspecified atom stereocenters. The molecule has 1 aliphatic rings. The third-order valence-corrected chi connectivity index (χ3v) is 3.22. The van der Waals surface area contributed by atoms with Crippen LogP contribution >= 0.6 is 0 Å². The summed E-state index contributed by atoms with van der Waals surface area (Å²) in [6.07, 6.45) is 5.12. The monoisotopic (exact) mass is 412 g/mol. The predicted molar refractivity (Wildman–Crippen MR) is 70.8 cm³/mol. The zero-order valence-corrected chi connectivity index (χ0v) is 14.7. The number of rotatable bonds is 6. The summed E-state index contributed by atoms with van der Waals surface area (Å²) < 4.78 is 5.68. The number of likely N-dealkylation sites (N-methyl/N-ethyl adjacent to an activating group) is 1. The van der Waals surface area contributed by atoms with Crippen molar-refractivity contribution >= 4 is 0 Å². The second-order valence-electron chi connectivity index (χ2n) is 4.81. The van der Waals surface area contributed by atoms with Gasteiger partial charge < -0.3 is 22.4 Å². The first-order chi connectivity index (χ1) is 7.22. The number of ether oxygens (including phenoxy) is 1. The molecule has 0 heterocycles. The molecule has 4 heteroatoms. The number of hydrogen-bond acceptors (Lipinski definition) is 2. The number of nitrogens with zero attached hydrogens (tertiary/aromatic N) is 2. The van der Waals surface area contributed by atoms with Crippen LogP contribution < -0.4 is 0 Å². The summed E-state index contributed by atoms with van der Waals surface area (Å²) >= 11 is 0. The quantitative estimate of drug-likeness (QED) is 0.496. The number of hydrogen-bond donors (Lipinski definition) is 0. The van der Waals surface area contributed by atoms with Gasteiger partial charge in [0, 0.05) is 13.2 Å². The van der Waals surface area contributed by atoms with Crippen LogP contribution in [0.3, 0.4) is 0 Å². The molecule has 0 aliphatic heterocycles. The Labute approximate surface area is 122 Å². The topological polar surface area (TPSA) is 26.6 Å². The second-order valence-corrected chi connectivity index (χ2v) is 4.81. The van der Waals surface area contributed by atoms with Crippen molar-refractivity contribution in [1.82, 2.24) is 4.90 Å². The van der Waals surface area contributed by atoms with E-state index >= 15 is 0 Å². The fourth-order valence-electron chi connectivity index (χ4n) is 2.07. The summed E-state index contributed by atoms with van der Waals surface area (Å²) in [5.74, 6) is 0.783. The van der Waals surface area contributed by atoms with Crippen LogP contribution in [0, 0.1) is 13.3 Å². The molecule has 1 saturated carbocycles. The van der Waals surface area contributed by atoms with Crippen molar-refractivity contribution in [3.8, 4) is 0 Å². The van der Waals surface area contributed by atoms with Crippen molar-refractivity contribution in [2.75, 3.05) is 40.9 Å². The fraction of sp³-hybridized carbons (Fsp3) is 0.923. The molecule has 0 aromatic carbocycles. The van der Waals surface area contributed by atoms with E-state index in [0.29, 0.717) is 6.04 Å². The molecule has 3 nitrogen and oxygen atoms in total. The minimum absolute atomic E-state index is 0. The molecule has 0 N–H and O–H groups in total. The van der Waals surface area contributed by atoms with Gasteiger partial charge in [0.1, 0.15) is 0 Å². The Hall–Kier alpha value is 0.568. The first-order valence-corrected chi connectivity index (χ1v) is 6.03. The van der Waals surface area contributed by atoms with Gasteiger partial charge >= 0.3 is 21.1 Å². The Morgan fingerprint density at radius 3 is 2.24 bits per heavy atom. The van der Waals surface area contributed by atoms with Gasteiger partial charge in [-0.3, -0.25) is 0 Å². The van der Waals surface area contributed by atoms with Gasteiger partial charge in [0.15, 0.2) is 0 Å². The van der Waals surface area contributed by atoms with Crippen molar-refractivity contribution in [2.24, 2.45) is 5.92 Å². The van der Waals surface area contributed by atoms with Gasteiger partial charge in [-0.1, -0.05) is 12.8 Å². The molecule has 0 aromatic rings. The van der Waals surface area contributed by atoms with Crippen LogP contribution in [0.25, 0.3) is 5.32 Å². The normalized spacial score (nSPS) is 24.0. The summed E-state index contributed by atoms with van der Waals surface area (Å²) in [6.45, 7) is 2.84. The van der Waals surface area contributed by atoms with Crippen LogP contribution in [0.15, 0.2) is 0 Å². The molecule has 0 amide bonds. The Morgan fingerprint density at radius 1 is 1.18 bits per heavy atom. The molecule has 0 bridgehead atoms. The van der Waals surface area contributed by atoms with E-state index in [4.69, 9.17) is 4.74 Å². The third kappa shape index (κ3) is 9.18. The van der Waals surface area contributed by atoms with Gasteiger partial charge in [-0.2, -0.15) is 7.05 Å². The van der Waals surface area contributed by atoms with E-state index in [-0.39, 0.29) is 28.5 Å². The van der Waals surface area contributed by atoms with E-state index in [2.05, 4.69) is 24.3 Å². The second kappa shape index (κ2) is 11.6. The van der Waals surface area contributed by atoms with Gasteiger partial charge in [-0.15, -0.1) is 6.04 Å². The van der Waals surface area contributed by atoms with E-state index in [1.54, 1.807) is 0 Å². The largest absolute Gasteiger partial charge is 2.00 e. The van der Waals surface area contributed by atoms with E-state index in [9.17, 15) is 0 Å². The average molecular weight is 412 g/mol. The minimum Gasteiger partial charge on any atom is -0.662 e. The van der Waals surface area contributed by atoms with Crippen molar-refractivity contribution in [3.05, 3.63) is 12.7 Å². The molecule has 0 atom stereocenters. The Balaban J connectivity index is 0. The molecule has 102 valence electrons. The van der Waals surface area contributed by atoms with Gasteiger partial charge in [0.05, 0.1) is 6.61 Å². The van der Waals surface area contributed by atoms with Crippen LogP contribution in [0.2, 0.25) is 0 Å². The maximum atomic E-state index is 5.68. The fourth-order valence-corrected chi connectivity index (χ4v) is 2.07. The van der Waals surface area contributed by atoms with Gasteiger partial charge in [-0.25, -0.2) is 0 Å². The molecular weight excluding hydrogens is 384 g/mol. The summed E-state index contributed by atoms with van der Waals surface area (Å²) in [6, 6.07) is 0.628. The van der Waals surface area contributed by atoms with Gasteiger partial charge in [0.25, 0.3) is 0 Å². The van der Waals surface area contributed by atoms with E-state index in [1.165, 1.54) is 25.7 Å². The van der Waals surface area contributed by atoms with Crippen LogP contribution in [-0.2, 0) is 25.8 Å². The SMILES string of the molecule is C[N-]C1CCC(COCCN(C)C)CC1.[CH3-].[W+2]. The van der Waals surface area contributed by atoms with Crippen molar-refractivity contribution < 1.29 is 25.8 Å². The Kier molecular flexibility index (Phi) is 13.6. The zero-order valence-electron chi connectivity index (χ0n) is 11.8. The summed E-state index contributed by atoms with van der Waals surface area (Å²) in [5, 5.41) is 4.35. The van der Waals surface area contributed by atoms with Gasteiger partial charge in [0.2, 0.25) is 0 Å². The van der Waals surface area contributed by atoms with Crippen LogP contribution in [0.4, 0.5) is 0 Å². The molecule has 0 aromatic heterocycles. The first-order valence-electron chi connectivity index (χ1n) is 6.03. The summed E-state index contributed by atoms with van der Waals surface area (Å²) in [4.78, 5) is 2.16. The molecule has 1 fully saturated rings. The van der Waals surface area contributed by atoms with E-state index in [0.717, 1.165) is 25.7 Å². The van der Waals surface area contributed by atoms with Gasteiger partial charge in [-0.05, 0) is 32.9 Å². The minimum atomic E-state index is 0. The van der Waals surface area contributed by atoms with Crippen molar-refractivity contribution in [3.63, 3.8) is 0 Å². The molecule has 17 heavy (non-hydrogen) atoms. The van der Waals surface area contributed by atoms with Crippen molar-refractivity contribution in [1.29, 1.82) is 0 Å². The molecule has 1 rings (SSSR count). The molecule has 0 saturated heterocycles. The molecular formula is C13H28N2OW. The van der Waals surface area contributed by atoms with E-state index < -0.39 is 0 Å². The smallest absolute Gasteiger partial charge is 0.662 e. The summed E-state index contributed by atoms with van der Waals surface area (Å²) in [5.41, 5.74) is 0. The standard InChI is InChI=1S/C12H25N2O.CH3.W/c1-13-12-6-4-11(5-7-12)10-15-9-8-14(2)3;;/h11-12H,4-10H2,1-3H3;1H3;/q2*-1;+2. The molecule has 0 radical (unpaired) electrons. The van der Waals surface area contributed by atoms with E-state index in [1.807, 2.05) is 7.05 Å². The average Bonchev–Trinajstić information content (AvgIpc) is 2.25. The zero-order chi connectivity index (χ0) is 11.1. The maximum Gasteiger partial charge on any atom is 2.00 e. The van der Waals surface area contributed by atoms with Crippen LogP contribution in [0.1, 0.15) is 25.7 Å². The summed E-state index contributed by atoms with van der Waals surface area (Å²) in [7, 11) is 6.10. The van der Waals surface area contributed by atoms with Crippen molar-refractivity contribution in [2.45, 2.75) is 31.7 Å². The van der Waals surface area contributed by atoms with Crippen LogP contribution in [-0.4, -0.2) is 51.8 Å². The predicted octanol–water partition coefficient (Wildman–Crippen LogP) is 2.57. The molecule has 1 aliphatic carbocycles. The first kappa shape index (κ1) is 19.9. The Morgan fingerprint density at radius 2 is 1.76 bits per heavy atom. The molecule has 0 spiro atoms. The maximum absolute atomic E-state index is 5.68.